The van der Waals surface area contributed by atoms with Gasteiger partial charge < -0.3 is 14.7 Å². The molecule has 0 aliphatic heterocycles. The van der Waals surface area contributed by atoms with E-state index in [1.165, 1.54) is 0 Å². The number of benzene rings is 1. The summed E-state index contributed by atoms with van der Waals surface area (Å²) in [4.78, 5) is 15.3. The van der Waals surface area contributed by atoms with Crippen molar-refractivity contribution in [2.45, 2.75) is 19.8 Å². The number of hydrogen-bond acceptors (Lipinski definition) is 2. The highest BCUT2D eigenvalue weighted by molar-refractivity contribution is 6.05. The zero-order chi connectivity index (χ0) is 14.1. The lowest BCUT2D eigenvalue weighted by Gasteiger charge is -2.13. The summed E-state index contributed by atoms with van der Waals surface area (Å²) >= 11 is 0. The van der Waals surface area contributed by atoms with Crippen LogP contribution in [-0.2, 0) is 0 Å². The molecule has 20 heavy (non-hydrogen) atoms. The largest absolute Gasteiger partial charge is 0.463 e. The van der Waals surface area contributed by atoms with Crippen LogP contribution < -0.4 is 5.32 Å². The number of nitrogens with one attached hydrogen (secondary N) is 2. The summed E-state index contributed by atoms with van der Waals surface area (Å²) in [6.45, 7) is 4.21. The number of carbonyl (C=O) groups excluding carboxylic acids is 1. The molecule has 0 fully saturated rings. The van der Waals surface area contributed by atoms with E-state index in [2.05, 4.69) is 24.1 Å². The Labute approximate surface area is 116 Å². The van der Waals surface area contributed by atoms with Gasteiger partial charge in [0.15, 0.2) is 5.58 Å². The quantitative estimate of drug-likeness (QED) is 0.750. The number of carbonyl (C=O) groups is 1. The molecule has 3 aromatic rings. The molecule has 3 rings (SSSR count). The molecule has 0 radical (unpaired) electrons. The highest BCUT2D eigenvalue weighted by Crippen LogP contribution is 2.24. The summed E-state index contributed by atoms with van der Waals surface area (Å²) in [6, 6.07) is 11.4. The Kier molecular flexibility index (Phi) is 3.06. The number of aromatic amines is 1. The van der Waals surface area contributed by atoms with E-state index in [0.29, 0.717) is 17.2 Å². The van der Waals surface area contributed by atoms with Crippen molar-refractivity contribution in [1.82, 2.24) is 4.98 Å². The number of amides is 1. The Morgan fingerprint density at radius 2 is 2.05 bits per heavy atom. The molecule has 2 aromatic heterocycles. The first-order valence-corrected chi connectivity index (χ1v) is 6.61. The van der Waals surface area contributed by atoms with Crippen molar-refractivity contribution in [3.8, 4) is 0 Å². The molecule has 0 aliphatic rings. The molecule has 0 aliphatic carbocycles. The number of H-pyrrole nitrogens is 1. The van der Waals surface area contributed by atoms with E-state index in [1.54, 1.807) is 18.4 Å². The van der Waals surface area contributed by atoms with Gasteiger partial charge in [-0.15, -0.1) is 0 Å². The normalized spacial score (nSPS) is 11.2. The topological polar surface area (TPSA) is 58.0 Å². The van der Waals surface area contributed by atoms with E-state index in [-0.39, 0.29) is 5.91 Å². The number of para-hydroxylation sites is 1. The fraction of sp³-hybridized carbons (Fsp3) is 0.188. The van der Waals surface area contributed by atoms with Gasteiger partial charge in [0.2, 0.25) is 0 Å². The average molecular weight is 268 g/mol. The fourth-order valence-electron chi connectivity index (χ4n) is 2.27. The zero-order valence-corrected chi connectivity index (χ0v) is 11.4. The SMILES string of the molecule is CC(C)c1ccccc1NC(=O)c1cc2occc2[nH]1. The molecule has 4 heteroatoms. The van der Waals surface area contributed by atoms with Crippen LogP contribution in [0, 0.1) is 0 Å². The Morgan fingerprint density at radius 1 is 1.25 bits per heavy atom. The number of aromatic nitrogens is 1. The average Bonchev–Trinajstić information content (AvgIpc) is 2.99. The van der Waals surface area contributed by atoms with Gasteiger partial charge in [-0.2, -0.15) is 0 Å². The monoisotopic (exact) mass is 268 g/mol. The summed E-state index contributed by atoms with van der Waals surface area (Å²) in [7, 11) is 0. The molecule has 1 aromatic carbocycles. The van der Waals surface area contributed by atoms with Gasteiger partial charge >= 0.3 is 0 Å². The Hall–Kier alpha value is -2.49. The van der Waals surface area contributed by atoms with Crippen molar-refractivity contribution in [2.75, 3.05) is 5.32 Å². The lowest BCUT2D eigenvalue weighted by Crippen LogP contribution is -2.14. The van der Waals surface area contributed by atoms with E-state index in [4.69, 9.17) is 4.42 Å². The van der Waals surface area contributed by atoms with Crippen molar-refractivity contribution in [3.05, 3.63) is 53.9 Å². The first-order valence-electron chi connectivity index (χ1n) is 6.61. The van der Waals surface area contributed by atoms with Crippen molar-refractivity contribution in [1.29, 1.82) is 0 Å². The molecular weight excluding hydrogens is 252 g/mol. The molecule has 0 unspecified atom stereocenters. The van der Waals surface area contributed by atoms with Gasteiger partial charge in [-0.1, -0.05) is 32.0 Å². The van der Waals surface area contributed by atoms with E-state index >= 15 is 0 Å². The Morgan fingerprint density at radius 3 is 2.80 bits per heavy atom. The molecule has 0 bridgehead atoms. The summed E-state index contributed by atoms with van der Waals surface area (Å²) in [6.07, 6.45) is 1.59. The maximum absolute atomic E-state index is 12.3. The van der Waals surface area contributed by atoms with E-state index in [1.807, 2.05) is 24.3 Å². The summed E-state index contributed by atoms with van der Waals surface area (Å²) < 4.78 is 5.25. The third-order valence-corrected chi connectivity index (χ3v) is 3.32. The van der Waals surface area contributed by atoms with Crippen molar-refractivity contribution in [2.24, 2.45) is 0 Å². The molecule has 0 saturated carbocycles. The third kappa shape index (κ3) is 2.20. The van der Waals surface area contributed by atoms with Gasteiger partial charge in [-0.3, -0.25) is 4.79 Å². The minimum atomic E-state index is -0.162. The molecule has 0 saturated heterocycles. The maximum Gasteiger partial charge on any atom is 0.272 e. The Balaban J connectivity index is 1.87. The summed E-state index contributed by atoms with van der Waals surface area (Å²) in [5.41, 5.74) is 3.98. The smallest absolute Gasteiger partial charge is 0.272 e. The number of fused-ring (bicyclic) bond motifs is 1. The first-order chi connectivity index (χ1) is 9.65. The predicted octanol–water partition coefficient (Wildman–Crippen LogP) is 4.14. The second-order valence-electron chi connectivity index (χ2n) is 5.08. The van der Waals surface area contributed by atoms with Crippen LogP contribution in [0.15, 0.2) is 47.1 Å². The van der Waals surface area contributed by atoms with Crippen LogP contribution in [0.4, 0.5) is 5.69 Å². The highest BCUT2D eigenvalue weighted by atomic mass is 16.3. The second-order valence-corrected chi connectivity index (χ2v) is 5.08. The minimum absolute atomic E-state index is 0.162. The van der Waals surface area contributed by atoms with Crippen LogP contribution in [0.5, 0.6) is 0 Å². The van der Waals surface area contributed by atoms with Gasteiger partial charge in [0.05, 0.1) is 11.8 Å². The molecule has 0 spiro atoms. The van der Waals surface area contributed by atoms with Crippen LogP contribution in [0.1, 0.15) is 35.8 Å². The van der Waals surface area contributed by atoms with Gasteiger partial charge in [0, 0.05) is 17.8 Å². The maximum atomic E-state index is 12.3. The Bertz CT molecular complexity index is 724. The standard InChI is InChI=1S/C16H16N2O2/c1-10(2)11-5-3-4-6-12(11)18-16(19)14-9-15-13(17-14)7-8-20-15/h3-10,17H,1-2H3,(H,18,19). The third-order valence-electron chi connectivity index (χ3n) is 3.32. The lowest BCUT2D eigenvalue weighted by molar-refractivity contribution is 0.102. The molecule has 2 N–H and O–H groups in total. The molecule has 0 atom stereocenters. The van der Waals surface area contributed by atoms with Crippen LogP contribution >= 0.6 is 0 Å². The predicted molar refractivity (Wildman–Crippen MR) is 79.0 cm³/mol. The van der Waals surface area contributed by atoms with Gasteiger partial charge in [-0.25, -0.2) is 0 Å². The van der Waals surface area contributed by atoms with Crippen LogP contribution in [0.25, 0.3) is 11.1 Å². The minimum Gasteiger partial charge on any atom is -0.463 e. The van der Waals surface area contributed by atoms with E-state index in [9.17, 15) is 4.79 Å². The van der Waals surface area contributed by atoms with Crippen LogP contribution in [0.2, 0.25) is 0 Å². The zero-order valence-electron chi connectivity index (χ0n) is 11.4. The van der Waals surface area contributed by atoms with E-state index in [0.717, 1.165) is 16.8 Å². The van der Waals surface area contributed by atoms with Crippen molar-refractivity contribution >= 4 is 22.7 Å². The molecule has 102 valence electrons. The van der Waals surface area contributed by atoms with Gasteiger partial charge in [-0.05, 0) is 17.5 Å². The number of hydrogen-bond donors (Lipinski definition) is 2. The number of furan rings is 1. The van der Waals surface area contributed by atoms with E-state index < -0.39 is 0 Å². The van der Waals surface area contributed by atoms with Crippen molar-refractivity contribution < 1.29 is 9.21 Å². The van der Waals surface area contributed by atoms with Crippen molar-refractivity contribution in [3.63, 3.8) is 0 Å². The second kappa shape index (κ2) is 4.89. The van der Waals surface area contributed by atoms with Gasteiger partial charge in [0.25, 0.3) is 5.91 Å². The summed E-state index contributed by atoms with van der Waals surface area (Å²) in [5, 5.41) is 2.95. The first kappa shape index (κ1) is 12.5. The van der Waals surface area contributed by atoms with Crippen LogP contribution in [0.3, 0.4) is 0 Å². The fourth-order valence-corrected chi connectivity index (χ4v) is 2.27. The van der Waals surface area contributed by atoms with Gasteiger partial charge in [0.1, 0.15) is 5.69 Å². The molecule has 4 nitrogen and oxygen atoms in total. The van der Waals surface area contributed by atoms with Crippen LogP contribution in [-0.4, -0.2) is 10.9 Å². The summed E-state index contributed by atoms with van der Waals surface area (Å²) in [5.74, 6) is 0.191. The highest BCUT2D eigenvalue weighted by Gasteiger charge is 2.13. The number of rotatable bonds is 3. The molecular formula is C16H16N2O2. The number of anilines is 1. The lowest BCUT2D eigenvalue weighted by atomic mass is 10.0. The molecule has 2 heterocycles. The molecule has 1 amide bonds.